The zero-order valence-electron chi connectivity index (χ0n) is 12.9. The van der Waals surface area contributed by atoms with Gasteiger partial charge in [-0.2, -0.15) is 11.8 Å². The highest BCUT2D eigenvalue weighted by atomic mass is 32.2. The molecule has 112 valence electrons. The number of para-hydroxylation sites is 1. The van der Waals surface area contributed by atoms with Crippen molar-refractivity contribution in [2.45, 2.75) is 56.9 Å². The highest BCUT2D eigenvalue weighted by molar-refractivity contribution is 7.99. The van der Waals surface area contributed by atoms with Gasteiger partial charge in [0.15, 0.2) is 0 Å². The number of hydrogen-bond acceptors (Lipinski definition) is 3. The van der Waals surface area contributed by atoms with Crippen LogP contribution in [0.25, 0.3) is 0 Å². The Labute approximate surface area is 127 Å². The predicted octanol–water partition coefficient (Wildman–Crippen LogP) is 4.41. The van der Waals surface area contributed by atoms with Crippen molar-refractivity contribution in [2.75, 3.05) is 12.9 Å². The Kier molecular flexibility index (Phi) is 6.24. The van der Waals surface area contributed by atoms with Crippen LogP contribution in [0, 0.1) is 0 Å². The van der Waals surface area contributed by atoms with Crippen LogP contribution in [0.2, 0.25) is 0 Å². The van der Waals surface area contributed by atoms with Crippen LogP contribution >= 0.6 is 11.8 Å². The maximum absolute atomic E-state index is 5.51. The molecule has 1 aliphatic rings. The summed E-state index contributed by atoms with van der Waals surface area (Å²) in [6.07, 6.45) is 5.08. The number of hydrogen-bond donors (Lipinski definition) is 1. The molecule has 0 aliphatic heterocycles. The number of benzene rings is 1. The quantitative estimate of drug-likeness (QED) is 0.804. The molecule has 1 saturated carbocycles. The minimum atomic E-state index is 0.404. The van der Waals surface area contributed by atoms with Crippen LogP contribution in [0.3, 0.4) is 0 Å². The topological polar surface area (TPSA) is 21.3 Å². The van der Waals surface area contributed by atoms with Gasteiger partial charge in [0.1, 0.15) is 5.75 Å². The summed E-state index contributed by atoms with van der Waals surface area (Å²) in [6.45, 7) is 4.51. The van der Waals surface area contributed by atoms with E-state index >= 15 is 0 Å². The lowest BCUT2D eigenvalue weighted by atomic mass is 10.0. The first-order valence-corrected chi connectivity index (χ1v) is 8.83. The first-order chi connectivity index (χ1) is 9.78. The molecule has 0 aromatic heterocycles. The van der Waals surface area contributed by atoms with Gasteiger partial charge < -0.3 is 10.1 Å². The molecular weight excluding hydrogens is 266 g/mol. The van der Waals surface area contributed by atoms with Crippen LogP contribution in [0.5, 0.6) is 5.75 Å². The monoisotopic (exact) mass is 293 g/mol. The molecule has 1 fully saturated rings. The molecule has 0 spiro atoms. The average molecular weight is 293 g/mol. The van der Waals surface area contributed by atoms with Gasteiger partial charge in [0.2, 0.25) is 0 Å². The van der Waals surface area contributed by atoms with Crippen LogP contribution in [0.4, 0.5) is 0 Å². The first-order valence-electron chi connectivity index (χ1n) is 7.79. The second-order valence-electron chi connectivity index (χ2n) is 5.46. The molecular formula is C17H27NOS. The minimum Gasteiger partial charge on any atom is -0.496 e. The van der Waals surface area contributed by atoms with Crippen molar-refractivity contribution in [3.05, 3.63) is 29.8 Å². The smallest absolute Gasteiger partial charge is 0.123 e. The lowest BCUT2D eigenvalue weighted by Gasteiger charge is -2.24. The summed E-state index contributed by atoms with van der Waals surface area (Å²) >= 11 is 2.12. The molecule has 3 unspecified atom stereocenters. The van der Waals surface area contributed by atoms with E-state index in [1.165, 1.54) is 30.6 Å². The Bertz CT molecular complexity index is 410. The van der Waals surface area contributed by atoms with E-state index < -0.39 is 0 Å². The molecule has 0 radical (unpaired) electrons. The van der Waals surface area contributed by atoms with Gasteiger partial charge in [-0.25, -0.2) is 0 Å². The highest BCUT2D eigenvalue weighted by Crippen LogP contribution is 2.33. The average Bonchev–Trinajstić information content (AvgIpc) is 2.92. The Morgan fingerprint density at radius 1 is 1.30 bits per heavy atom. The van der Waals surface area contributed by atoms with Gasteiger partial charge in [-0.15, -0.1) is 0 Å². The van der Waals surface area contributed by atoms with E-state index in [9.17, 15) is 0 Å². The summed E-state index contributed by atoms with van der Waals surface area (Å²) in [5.41, 5.74) is 1.30. The van der Waals surface area contributed by atoms with Gasteiger partial charge in [-0.3, -0.25) is 0 Å². The normalized spacial score (nSPS) is 23.8. The van der Waals surface area contributed by atoms with Gasteiger partial charge in [0.25, 0.3) is 0 Å². The van der Waals surface area contributed by atoms with Crippen LogP contribution in [-0.4, -0.2) is 24.2 Å². The lowest BCUT2D eigenvalue weighted by Crippen LogP contribution is -2.31. The SMILES string of the molecule is CCSC1CCC(NC(CC)c2ccccc2OC)C1. The molecule has 3 heteroatoms. The van der Waals surface area contributed by atoms with E-state index in [1.807, 2.05) is 6.07 Å². The van der Waals surface area contributed by atoms with E-state index in [2.05, 4.69) is 49.1 Å². The van der Waals surface area contributed by atoms with Crippen molar-refractivity contribution >= 4 is 11.8 Å². The molecule has 0 heterocycles. The number of ether oxygens (including phenoxy) is 1. The molecule has 1 aromatic rings. The zero-order valence-corrected chi connectivity index (χ0v) is 13.7. The predicted molar refractivity (Wildman–Crippen MR) is 88.7 cm³/mol. The summed E-state index contributed by atoms with van der Waals surface area (Å²) in [7, 11) is 1.76. The number of thioether (sulfide) groups is 1. The molecule has 1 aromatic carbocycles. The largest absolute Gasteiger partial charge is 0.496 e. The van der Waals surface area contributed by atoms with Crippen molar-refractivity contribution in [3.8, 4) is 5.75 Å². The third kappa shape index (κ3) is 3.92. The second-order valence-corrected chi connectivity index (χ2v) is 7.03. The van der Waals surface area contributed by atoms with E-state index in [1.54, 1.807) is 7.11 Å². The number of rotatable bonds is 7. The maximum atomic E-state index is 5.51. The third-order valence-electron chi connectivity index (χ3n) is 4.15. The van der Waals surface area contributed by atoms with Crippen molar-refractivity contribution < 1.29 is 4.74 Å². The summed E-state index contributed by atoms with van der Waals surface area (Å²) in [6, 6.07) is 9.46. The molecule has 20 heavy (non-hydrogen) atoms. The second kappa shape index (κ2) is 7.94. The molecule has 2 rings (SSSR count). The maximum Gasteiger partial charge on any atom is 0.123 e. The van der Waals surface area contributed by atoms with Crippen LogP contribution in [-0.2, 0) is 0 Å². The summed E-state index contributed by atoms with van der Waals surface area (Å²) in [5, 5.41) is 4.71. The molecule has 0 saturated heterocycles. The summed E-state index contributed by atoms with van der Waals surface area (Å²) < 4.78 is 5.51. The number of nitrogens with one attached hydrogen (secondary N) is 1. The van der Waals surface area contributed by atoms with Gasteiger partial charge in [-0.05, 0) is 37.5 Å². The van der Waals surface area contributed by atoms with Crippen LogP contribution < -0.4 is 10.1 Å². The van der Waals surface area contributed by atoms with Crippen molar-refractivity contribution in [3.63, 3.8) is 0 Å². The van der Waals surface area contributed by atoms with E-state index in [0.29, 0.717) is 12.1 Å². The van der Waals surface area contributed by atoms with Gasteiger partial charge in [-0.1, -0.05) is 32.0 Å². The standard InChI is InChI=1S/C17H27NOS/c1-4-16(15-8-6-7-9-17(15)19-3)18-13-10-11-14(12-13)20-5-2/h6-9,13-14,16,18H,4-5,10-12H2,1-3H3. The van der Waals surface area contributed by atoms with Crippen molar-refractivity contribution in [1.82, 2.24) is 5.32 Å². The highest BCUT2D eigenvalue weighted by Gasteiger charge is 2.27. The fourth-order valence-corrected chi connectivity index (χ4v) is 4.29. The van der Waals surface area contributed by atoms with Crippen molar-refractivity contribution in [1.29, 1.82) is 0 Å². The van der Waals surface area contributed by atoms with Gasteiger partial charge in [0.05, 0.1) is 7.11 Å². The van der Waals surface area contributed by atoms with Gasteiger partial charge >= 0.3 is 0 Å². The molecule has 1 aliphatic carbocycles. The molecule has 0 amide bonds. The minimum absolute atomic E-state index is 0.404. The van der Waals surface area contributed by atoms with Gasteiger partial charge in [0, 0.05) is 22.9 Å². The lowest BCUT2D eigenvalue weighted by molar-refractivity contribution is 0.383. The van der Waals surface area contributed by atoms with E-state index in [4.69, 9.17) is 4.74 Å². The fourth-order valence-electron chi connectivity index (χ4n) is 3.14. The summed E-state index contributed by atoms with van der Waals surface area (Å²) in [5.74, 6) is 2.24. The van der Waals surface area contributed by atoms with E-state index in [0.717, 1.165) is 17.4 Å². The third-order valence-corrected chi connectivity index (χ3v) is 5.38. The zero-order chi connectivity index (χ0) is 14.4. The summed E-state index contributed by atoms with van der Waals surface area (Å²) in [4.78, 5) is 0. The molecule has 1 N–H and O–H groups in total. The Balaban J connectivity index is 1.99. The molecule has 0 bridgehead atoms. The molecule has 3 atom stereocenters. The Hall–Kier alpha value is -0.670. The fraction of sp³-hybridized carbons (Fsp3) is 0.647. The first kappa shape index (κ1) is 15.7. The Morgan fingerprint density at radius 3 is 2.80 bits per heavy atom. The number of methoxy groups -OCH3 is 1. The molecule has 2 nitrogen and oxygen atoms in total. The van der Waals surface area contributed by atoms with Crippen LogP contribution in [0.15, 0.2) is 24.3 Å². The van der Waals surface area contributed by atoms with Crippen molar-refractivity contribution in [2.24, 2.45) is 0 Å². The Morgan fingerprint density at radius 2 is 2.10 bits per heavy atom. The van der Waals surface area contributed by atoms with E-state index in [-0.39, 0.29) is 0 Å². The van der Waals surface area contributed by atoms with Crippen LogP contribution in [0.1, 0.15) is 51.1 Å².